The van der Waals surface area contributed by atoms with Crippen LogP contribution in [-0.2, 0) is 0 Å². The monoisotopic (exact) mass is 459 g/mol. The zero-order valence-corrected chi connectivity index (χ0v) is 18.9. The SMILES string of the molecule is CSCC[C@@H](Nc1nc(Nc2cnc(C)c(-n3nccn3)c2)c(C(N)=O)cc1F)[C@H](C)N. The average Bonchev–Trinajstić information content (AvgIpc) is 3.28. The number of rotatable bonds is 10. The van der Waals surface area contributed by atoms with E-state index in [1.807, 2.05) is 20.1 Å². The molecule has 1 amide bonds. The molecule has 3 aromatic heterocycles. The highest BCUT2D eigenvalue weighted by Gasteiger charge is 2.20. The van der Waals surface area contributed by atoms with Gasteiger partial charge < -0.3 is 22.1 Å². The summed E-state index contributed by atoms with van der Waals surface area (Å²) in [6.45, 7) is 3.66. The maximum Gasteiger partial charge on any atom is 0.252 e. The van der Waals surface area contributed by atoms with Crippen molar-refractivity contribution in [3.63, 3.8) is 0 Å². The second kappa shape index (κ2) is 10.4. The second-order valence-corrected chi connectivity index (χ2v) is 8.23. The molecule has 6 N–H and O–H groups in total. The van der Waals surface area contributed by atoms with E-state index in [0.29, 0.717) is 17.1 Å². The first-order valence-corrected chi connectivity index (χ1v) is 11.3. The van der Waals surface area contributed by atoms with Crippen LogP contribution in [0.2, 0.25) is 0 Å². The fourth-order valence-corrected chi connectivity index (χ4v) is 3.52. The zero-order chi connectivity index (χ0) is 23.3. The molecule has 0 unspecified atom stereocenters. The van der Waals surface area contributed by atoms with Crippen LogP contribution in [0, 0.1) is 12.7 Å². The summed E-state index contributed by atoms with van der Waals surface area (Å²) >= 11 is 1.67. The maximum absolute atomic E-state index is 14.7. The Balaban J connectivity index is 1.96. The Morgan fingerprint density at radius 2 is 2.00 bits per heavy atom. The number of hydrogen-bond acceptors (Lipinski definition) is 9. The lowest BCUT2D eigenvalue weighted by molar-refractivity contribution is 0.100. The Bertz CT molecular complexity index is 1080. The molecule has 10 nitrogen and oxygen atoms in total. The molecular weight excluding hydrogens is 433 g/mol. The minimum atomic E-state index is -0.814. The molecule has 0 fully saturated rings. The Kier molecular flexibility index (Phi) is 7.59. The first-order chi connectivity index (χ1) is 15.3. The number of carbonyl (C=O) groups excluding carboxylic acids is 1. The van der Waals surface area contributed by atoms with Gasteiger partial charge in [-0.05, 0) is 44.4 Å². The highest BCUT2D eigenvalue weighted by Crippen LogP contribution is 2.26. The van der Waals surface area contributed by atoms with Gasteiger partial charge in [0.25, 0.3) is 5.91 Å². The lowest BCUT2D eigenvalue weighted by Gasteiger charge is -2.23. The van der Waals surface area contributed by atoms with Crippen LogP contribution in [-0.4, -0.2) is 55.0 Å². The van der Waals surface area contributed by atoms with E-state index in [0.717, 1.165) is 18.2 Å². The number of primary amides is 1. The standard InChI is InChI=1S/C20H26FN9OS/c1-11(22)16(4-7-32-3)28-20-15(21)9-14(18(23)31)19(29-20)27-13-8-17(12(2)24-10-13)30-25-5-6-26-30/h5-6,8-11,16H,4,7,22H2,1-3H3,(H2,23,31)(H2,27,28,29)/t11-,16+/m0/s1. The third-order valence-corrected chi connectivity index (χ3v) is 5.43. The molecule has 3 rings (SSSR count). The van der Waals surface area contributed by atoms with Gasteiger partial charge in [0, 0.05) is 12.1 Å². The van der Waals surface area contributed by atoms with Crippen LogP contribution in [0.5, 0.6) is 0 Å². The molecule has 0 aromatic carbocycles. The molecule has 2 atom stereocenters. The minimum Gasteiger partial charge on any atom is -0.365 e. The van der Waals surface area contributed by atoms with Gasteiger partial charge in [0.1, 0.15) is 11.5 Å². The fraction of sp³-hybridized carbons (Fsp3) is 0.350. The number of nitrogens with zero attached hydrogens (tertiary/aromatic N) is 5. The van der Waals surface area contributed by atoms with Crippen molar-refractivity contribution in [1.82, 2.24) is 25.0 Å². The normalized spacial score (nSPS) is 12.9. The van der Waals surface area contributed by atoms with Crippen LogP contribution in [0.15, 0.2) is 30.7 Å². The Labute approximate surface area is 189 Å². The average molecular weight is 460 g/mol. The van der Waals surface area contributed by atoms with E-state index in [9.17, 15) is 9.18 Å². The molecule has 3 aromatic rings. The van der Waals surface area contributed by atoms with Crippen molar-refractivity contribution in [2.45, 2.75) is 32.4 Å². The van der Waals surface area contributed by atoms with Crippen molar-refractivity contribution in [2.75, 3.05) is 22.6 Å². The number of nitrogens with two attached hydrogens (primary N) is 2. The van der Waals surface area contributed by atoms with Crippen molar-refractivity contribution in [3.05, 3.63) is 47.8 Å². The highest BCUT2D eigenvalue weighted by atomic mass is 32.2. The van der Waals surface area contributed by atoms with Gasteiger partial charge in [-0.3, -0.25) is 9.78 Å². The number of carbonyl (C=O) groups is 1. The highest BCUT2D eigenvalue weighted by molar-refractivity contribution is 7.98. The van der Waals surface area contributed by atoms with E-state index < -0.39 is 11.7 Å². The summed E-state index contributed by atoms with van der Waals surface area (Å²) in [7, 11) is 0. The van der Waals surface area contributed by atoms with Crippen molar-refractivity contribution in [3.8, 4) is 5.69 Å². The van der Waals surface area contributed by atoms with E-state index in [1.165, 1.54) is 4.80 Å². The van der Waals surface area contributed by atoms with Gasteiger partial charge in [0.05, 0.1) is 35.5 Å². The number of aromatic nitrogens is 5. The van der Waals surface area contributed by atoms with Gasteiger partial charge in [-0.2, -0.15) is 22.0 Å². The summed E-state index contributed by atoms with van der Waals surface area (Å²) in [4.78, 5) is 22.0. The van der Waals surface area contributed by atoms with Crippen LogP contribution in [0.25, 0.3) is 5.69 Å². The lowest BCUT2D eigenvalue weighted by Crippen LogP contribution is -2.39. The topological polar surface area (TPSA) is 150 Å². The van der Waals surface area contributed by atoms with Gasteiger partial charge in [0.2, 0.25) is 0 Å². The molecule has 0 aliphatic rings. The van der Waals surface area contributed by atoms with Crippen molar-refractivity contribution in [2.24, 2.45) is 11.5 Å². The van der Waals surface area contributed by atoms with Gasteiger partial charge >= 0.3 is 0 Å². The lowest BCUT2D eigenvalue weighted by atomic mass is 10.1. The number of thioether (sulfide) groups is 1. The summed E-state index contributed by atoms with van der Waals surface area (Å²) in [5.74, 6) is -0.576. The van der Waals surface area contributed by atoms with E-state index in [-0.39, 0.29) is 29.3 Å². The molecule has 0 aliphatic heterocycles. The van der Waals surface area contributed by atoms with Gasteiger partial charge in [0.15, 0.2) is 11.6 Å². The number of pyridine rings is 2. The fourth-order valence-electron chi connectivity index (χ4n) is 3.03. The number of anilines is 3. The van der Waals surface area contributed by atoms with Crippen LogP contribution < -0.4 is 22.1 Å². The van der Waals surface area contributed by atoms with Gasteiger partial charge in [-0.25, -0.2) is 9.37 Å². The molecule has 0 aliphatic carbocycles. The Morgan fingerprint density at radius 1 is 1.28 bits per heavy atom. The number of aryl methyl sites for hydroxylation is 1. The molecule has 0 spiro atoms. The van der Waals surface area contributed by atoms with E-state index >= 15 is 0 Å². The summed E-state index contributed by atoms with van der Waals surface area (Å²) in [5, 5.41) is 14.3. The molecule has 0 saturated carbocycles. The van der Waals surface area contributed by atoms with E-state index in [1.54, 1.807) is 36.4 Å². The molecule has 3 heterocycles. The summed E-state index contributed by atoms with van der Waals surface area (Å²) < 4.78 is 14.7. The molecule has 0 saturated heterocycles. The van der Waals surface area contributed by atoms with Crippen molar-refractivity contribution < 1.29 is 9.18 Å². The summed E-state index contributed by atoms with van der Waals surface area (Å²) in [6.07, 6.45) is 7.38. The van der Waals surface area contributed by atoms with Crippen LogP contribution >= 0.6 is 11.8 Å². The largest absolute Gasteiger partial charge is 0.365 e. The predicted octanol–water partition coefficient (Wildman–Crippen LogP) is 2.23. The quantitative estimate of drug-likeness (QED) is 0.358. The van der Waals surface area contributed by atoms with Crippen LogP contribution in [0.1, 0.15) is 29.4 Å². The third-order valence-electron chi connectivity index (χ3n) is 4.79. The molecule has 32 heavy (non-hydrogen) atoms. The van der Waals surface area contributed by atoms with E-state index in [4.69, 9.17) is 11.5 Å². The molecule has 12 heteroatoms. The predicted molar refractivity (Wildman–Crippen MR) is 124 cm³/mol. The van der Waals surface area contributed by atoms with Crippen LogP contribution in [0.3, 0.4) is 0 Å². The number of hydrogen-bond donors (Lipinski definition) is 4. The third kappa shape index (κ3) is 5.51. The number of nitrogens with one attached hydrogen (secondary N) is 2. The second-order valence-electron chi connectivity index (χ2n) is 7.24. The van der Waals surface area contributed by atoms with Gasteiger partial charge in [-0.1, -0.05) is 0 Å². The van der Waals surface area contributed by atoms with Crippen molar-refractivity contribution >= 4 is 35.0 Å². The van der Waals surface area contributed by atoms with E-state index in [2.05, 4.69) is 30.8 Å². The molecular formula is C20H26FN9OS. The first-order valence-electron chi connectivity index (χ1n) is 9.92. The first kappa shape index (κ1) is 23.4. The number of amides is 1. The minimum absolute atomic E-state index is 0.0186. The van der Waals surface area contributed by atoms with Crippen molar-refractivity contribution in [1.29, 1.82) is 0 Å². The maximum atomic E-state index is 14.7. The number of halogens is 1. The smallest absolute Gasteiger partial charge is 0.252 e. The summed E-state index contributed by atoms with van der Waals surface area (Å²) in [5.41, 5.74) is 13.3. The Morgan fingerprint density at radius 3 is 2.62 bits per heavy atom. The van der Waals surface area contributed by atoms with Gasteiger partial charge in [-0.15, -0.1) is 4.80 Å². The Hall–Kier alpha value is -3.25. The zero-order valence-electron chi connectivity index (χ0n) is 18.0. The molecule has 0 radical (unpaired) electrons. The molecule has 0 bridgehead atoms. The molecule has 170 valence electrons. The summed E-state index contributed by atoms with van der Waals surface area (Å²) in [6, 6.07) is 2.37. The van der Waals surface area contributed by atoms with Crippen LogP contribution in [0.4, 0.5) is 21.7 Å².